The molecule has 4 nitrogen and oxygen atoms in total. The van der Waals surface area contributed by atoms with Crippen LogP contribution in [0.1, 0.15) is 48.5 Å². The number of ketones is 1. The van der Waals surface area contributed by atoms with Crippen LogP contribution in [-0.4, -0.2) is 23.4 Å². The van der Waals surface area contributed by atoms with Gasteiger partial charge in [0, 0.05) is 36.5 Å². The first kappa shape index (κ1) is 20.1. The van der Waals surface area contributed by atoms with Crippen LogP contribution in [0.2, 0.25) is 0 Å². The fourth-order valence-corrected chi connectivity index (χ4v) is 4.06. The normalized spacial score (nSPS) is 14.3. The molecule has 2 aromatic carbocycles. The molecule has 0 radical (unpaired) electrons. The van der Waals surface area contributed by atoms with Gasteiger partial charge in [0.05, 0.1) is 0 Å². The van der Waals surface area contributed by atoms with Gasteiger partial charge in [0.15, 0.2) is 5.78 Å². The van der Waals surface area contributed by atoms with Gasteiger partial charge in [-0.05, 0) is 60.6 Å². The van der Waals surface area contributed by atoms with Crippen molar-refractivity contribution in [2.24, 2.45) is 0 Å². The molecule has 154 valence electrons. The van der Waals surface area contributed by atoms with E-state index < -0.39 is 0 Å². The number of aromatic nitrogens is 1. The molecule has 0 atom stereocenters. The van der Waals surface area contributed by atoms with E-state index >= 15 is 0 Å². The van der Waals surface area contributed by atoms with Crippen molar-refractivity contribution >= 4 is 17.3 Å². The lowest BCUT2D eigenvalue weighted by atomic mass is 9.99. The molecule has 0 saturated heterocycles. The predicted octanol–water partition coefficient (Wildman–Crippen LogP) is 5.53. The summed E-state index contributed by atoms with van der Waals surface area (Å²) < 4.78 is 0. The van der Waals surface area contributed by atoms with Gasteiger partial charge in [0.2, 0.25) is 0 Å². The standard InChI is InChI=1S/C26H29N3O/c1-3-26(16-17-26)29(2)23-12-10-21(11-13-23)20-6-8-22(9-7-20)24(30)14-4-19-5-15-25(27)28-18-19/h5-13,15,18H,3-4,14,16-17H2,1-2H3,(H2,27,28). The second-order valence-corrected chi connectivity index (χ2v) is 8.28. The van der Waals surface area contributed by atoms with Gasteiger partial charge in [0.25, 0.3) is 0 Å². The van der Waals surface area contributed by atoms with E-state index in [-0.39, 0.29) is 5.78 Å². The van der Waals surface area contributed by atoms with Gasteiger partial charge in [0.1, 0.15) is 5.82 Å². The van der Waals surface area contributed by atoms with Crippen LogP contribution in [0.4, 0.5) is 11.5 Å². The zero-order valence-electron chi connectivity index (χ0n) is 17.8. The number of pyridine rings is 1. The average molecular weight is 400 g/mol. The van der Waals surface area contributed by atoms with Gasteiger partial charge in [-0.15, -0.1) is 0 Å². The summed E-state index contributed by atoms with van der Waals surface area (Å²) in [6.07, 6.45) is 6.62. The third-order valence-electron chi connectivity index (χ3n) is 6.48. The first-order valence-electron chi connectivity index (χ1n) is 10.7. The van der Waals surface area contributed by atoms with E-state index in [1.54, 1.807) is 12.3 Å². The van der Waals surface area contributed by atoms with Crippen LogP contribution in [0, 0.1) is 0 Å². The van der Waals surface area contributed by atoms with E-state index in [1.807, 2.05) is 30.3 Å². The number of nitrogen functional groups attached to an aromatic ring is 1. The summed E-state index contributed by atoms with van der Waals surface area (Å²) in [4.78, 5) is 19.0. The maximum absolute atomic E-state index is 12.5. The minimum Gasteiger partial charge on any atom is -0.384 e. The van der Waals surface area contributed by atoms with Crippen molar-refractivity contribution in [2.75, 3.05) is 17.7 Å². The lowest BCUT2D eigenvalue weighted by Crippen LogP contribution is -2.32. The summed E-state index contributed by atoms with van der Waals surface area (Å²) >= 11 is 0. The molecule has 0 unspecified atom stereocenters. The van der Waals surface area contributed by atoms with Crippen LogP contribution in [0.25, 0.3) is 11.1 Å². The lowest BCUT2D eigenvalue weighted by Gasteiger charge is -2.29. The van der Waals surface area contributed by atoms with Crippen LogP contribution >= 0.6 is 0 Å². The largest absolute Gasteiger partial charge is 0.384 e. The van der Waals surface area contributed by atoms with Crippen molar-refractivity contribution in [1.82, 2.24) is 4.98 Å². The van der Waals surface area contributed by atoms with Crippen LogP contribution < -0.4 is 10.6 Å². The maximum Gasteiger partial charge on any atom is 0.163 e. The Morgan fingerprint density at radius 3 is 2.17 bits per heavy atom. The lowest BCUT2D eigenvalue weighted by molar-refractivity contribution is 0.0983. The van der Waals surface area contributed by atoms with Crippen molar-refractivity contribution in [3.8, 4) is 11.1 Å². The predicted molar refractivity (Wildman–Crippen MR) is 124 cm³/mol. The van der Waals surface area contributed by atoms with Gasteiger partial charge in [-0.1, -0.05) is 49.4 Å². The molecule has 0 amide bonds. The minimum absolute atomic E-state index is 0.143. The molecule has 1 heterocycles. The Morgan fingerprint density at radius 2 is 1.63 bits per heavy atom. The number of nitrogens with zero attached hydrogens (tertiary/aromatic N) is 2. The summed E-state index contributed by atoms with van der Waals surface area (Å²) in [7, 11) is 2.20. The Labute approximate surface area is 178 Å². The van der Waals surface area contributed by atoms with E-state index in [9.17, 15) is 4.79 Å². The highest BCUT2D eigenvalue weighted by atomic mass is 16.1. The van der Waals surface area contributed by atoms with Crippen LogP contribution in [0.15, 0.2) is 66.9 Å². The van der Waals surface area contributed by atoms with Gasteiger partial charge >= 0.3 is 0 Å². The SMILES string of the molecule is CCC1(N(C)c2ccc(-c3ccc(C(=O)CCc4ccc(N)nc4)cc3)cc2)CC1. The smallest absolute Gasteiger partial charge is 0.163 e. The number of anilines is 2. The second kappa shape index (κ2) is 8.31. The number of carbonyl (C=O) groups is 1. The number of Topliss-reactive ketones (excluding diaryl/α,β-unsaturated/α-hetero) is 1. The highest BCUT2D eigenvalue weighted by molar-refractivity contribution is 5.96. The van der Waals surface area contributed by atoms with Gasteiger partial charge in [-0.25, -0.2) is 4.98 Å². The van der Waals surface area contributed by atoms with Crippen molar-refractivity contribution in [3.05, 3.63) is 78.0 Å². The number of rotatable bonds is 8. The molecule has 1 fully saturated rings. The molecule has 3 aromatic rings. The molecule has 0 spiro atoms. The molecule has 4 heteroatoms. The Hall–Kier alpha value is -3.14. The molecule has 2 N–H and O–H groups in total. The third-order valence-corrected chi connectivity index (χ3v) is 6.48. The van der Waals surface area contributed by atoms with Gasteiger partial charge in [-0.3, -0.25) is 4.79 Å². The molecule has 0 bridgehead atoms. The maximum atomic E-state index is 12.5. The van der Waals surface area contributed by atoms with Crippen molar-refractivity contribution in [1.29, 1.82) is 0 Å². The quantitative estimate of drug-likeness (QED) is 0.506. The van der Waals surface area contributed by atoms with Crippen molar-refractivity contribution < 1.29 is 4.79 Å². The topological polar surface area (TPSA) is 59.2 Å². The Kier molecular flexibility index (Phi) is 5.58. The molecular weight excluding hydrogens is 370 g/mol. The molecule has 1 aliphatic rings. The number of benzene rings is 2. The average Bonchev–Trinajstić information content (AvgIpc) is 3.60. The molecular formula is C26H29N3O. The monoisotopic (exact) mass is 399 g/mol. The van der Waals surface area contributed by atoms with E-state index in [0.717, 1.165) is 16.7 Å². The molecule has 1 saturated carbocycles. The summed E-state index contributed by atoms with van der Waals surface area (Å²) in [6, 6.07) is 20.3. The number of hydrogen-bond donors (Lipinski definition) is 1. The summed E-state index contributed by atoms with van der Waals surface area (Å²) in [5.74, 6) is 0.641. The van der Waals surface area contributed by atoms with Crippen LogP contribution in [0.3, 0.4) is 0 Å². The van der Waals surface area contributed by atoms with E-state index in [0.29, 0.717) is 24.2 Å². The molecule has 1 aromatic heterocycles. The van der Waals surface area contributed by atoms with Crippen molar-refractivity contribution in [2.45, 2.75) is 44.6 Å². The van der Waals surface area contributed by atoms with Crippen LogP contribution in [0.5, 0.6) is 0 Å². The minimum atomic E-state index is 0.143. The zero-order valence-corrected chi connectivity index (χ0v) is 17.8. The number of hydrogen-bond acceptors (Lipinski definition) is 4. The Morgan fingerprint density at radius 1 is 1.00 bits per heavy atom. The number of nitrogens with two attached hydrogens (primary N) is 1. The first-order valence-corrected chi connectivity index (χ1v) is 10.7. The zero-order chi connectivity index (χ0) is 21.1. The summed E-state index contributed by atoms with van der Waals surface area (Å²) in [5, 5.41) is 0. The third kappa shape index (κ3) is 4.23. The molecule has 30 heavy (non-hydrogen) atoms. The van der Waals surface area contributed by atoms with E-state index in [1.165, 1.54) is 30.5 Å². The van der Waals surface area contributed by atoms with E-state index in [2.05, 4.69) is 48.1 Å². The Balaban J connectivity index is 1.39. The van der Waals surface area contributed by atoms with Gasteiger partial charge in [-0.2, -0.15) is 0 Å². The van der Waals surface area contributed by atoms with E-state index in [4.69, 9.17) is 5.73 Å². The Bertz CT molecular complexity index is 1000. The van der Waals surface area contributed by atoms with Crippen molar-refractivity contribution in [3.63, 3.8) is 0 Å². The molecule has 0 aliphatic heterocycles. The summed E-state index contributed by atoms with van der Waals surface area (Å²) in [5.41, 5.74) is 11.3. The second-order valence-electron chi connectivity index (χ2n) is 8.28. The highest BCUT2D eigenvalue weighted by Crippen LogP contribution is 2.45. The number of aryl methyl sites for hydroxylation is 1. The summed E-state index contributed by atoms with van der Waals surface area (Å²) in [6.45, 7) is 2.27. The highest BCUT2D eigenvalue weighted by Gasteiger charge is 2.44. The molecule has 4 rings (SSSR count). The fourth-order valence-electron chi connectivity index (χ4n) is 4.06. The fraction of sp³-hybridized carbons (Fsp3) is 0.308. The molecule has 1 aliphatic carbocycles. The van der Waals surface area contributed by atoms with Gasteiger partial charge < -0.3 is 10.6 Å². The van der Waals surface area contributed by atoms with Crippen LogP contribution in [-0.2, 0) is 6.42 Å². The number of carbonyl (C=O) groups excluding carboxylic acids is 1. The first-order chi connectivity index (χ1) is 14.5.